The third kappa shape index (κ3) is 2.96. The maximum atomic E-state index is 3.45. The van der Waals surface area contributed by atoms with Crippen LogP contribution in [0.3, 0.4) is 0 Å². The first-order valence-electron chi connectivity index (χ1n) is 5.62. The Hall–Kier alpha value is -0.0800. The molecule has 0 aromatic carbocycles. The van der Waals surface area contributed by atoms with E-state index in [0.717, 1.165) is 0 Å². The lowest BCUT2D eigenvalue weighted by molar-refractivity contribution is 0.309. The van der Waals surface area contributed by atoms with E-state index in [1.165, 1.54) is 45.4 Å². The monoisotopic (exact) mass is 184 g/mol. The predicted octanol–water partition coefficient (Wildman–Crippen LogP) is 1.72. The zero-order chi connectivity index (χ0) is 9.73. The van der Waals surface area contributed by atoms with Gasteiger partial charge < -0.3 is 10.2 Å². The molecular weight excluding hydrogens is 160 g/mol. The van der Waals surface area contributed by atoms with Crippen LogP contribution in [0.1, 0.15) is 33.1 Å². The van der Waals surface area contributed by atoms with Gasteiger partial charge in [-0.2, -0.15) is 0 Å². The van der Waals surface area contributed by atoms with Crippen LogP contribution in [0.25, 0.3) is 0 Å². The third-order valence-electron chi connectivity index (χ3n) is 2.96. The first kappa shape index (κ1) is 11.0. The van der Waals surface area contributed by atoms with Gasteiger partial charge in [-0.05, 0) is 38.4 Å². The van der Waals surface area contributed by atoms with Crippen molar-refractivity contribution in [3.8, 4) is 0 Å². The van der Waals surface area contributed by atoms with Gasteiger partial charge in [0.15, 0.2) is 0 Å². The summed E-state index contributed by atoms with van der Waals surface area (Å²) in [5, 5.41) is 3.45. The van der Waals surface area contributed by atoms with E-state index in [4.69, 9.17) is 0 Å². The van der Waals surface area contributed by atoms with E-state index in [9.17, 15) is 0 Å². The molecule has 2 heterocycles. The quantitative estimate of drug-likeness (QED) is 0.616. The molecule has 2 fully saturated rings. The number of hydrogen-bond donors (Lipinski definition) is 1. The van der Waals surface area contributed by atoms with E-state index in [-0.39, 0.29) is 0 Å². The van der Waals surface area contributed by atoms with Gasteiger partial charge in [0, 0.05) is 13.1 Å². The molecule has 2 rings (SSSR count). The minimum absolute atomic E-state index is 0.675. The van der Waals surface area contributed by atoms with Crippen molar-refractivity contribution in [2.24, 2.45) is 5.41 Å². The molecule has 0 aromatic heterocycles. The van der Waals surface area contributed by atoms with Crippen molar-refractivity contribution in [3.63, 3.8) is 0 Å². The van der Waals surface area contributed by atoms with Gasteiger partial charge in [-0.3, -0.25) is 0 Å². The van der Waals surface area contributed by atoms with E-state index in [0.29, 0.717) is 5.41 Å². The molecule has 13 heavy (non-hydrogen) atoms. The van der Waals surface area contributed by atoms with Crippen molar-refractivity contribution in [2.75, 3.05) is 33.2 Å². The number of rotatable bonds is 0. The Labute approximate surface area is 82.7 Å². The summed E-state index contributed by atoms with van der Waals surface area (Å²) in [4.78, 5) is 2.45. The highest BCUT2D eigenvalue weighted by molar-refractivity contribution is 4.94. The van der Waals surface area contributed by atoms with Gasteiger partial charge in [-0.15, -0.1) is 0 Å². The van der Waals surface area contributed by atoms with Crippen LogP contribution >= 0.6 is 0 Å². The largest absolute Gasteiger partial charge is 0.316 e. The van der Waals surface area contributed by atoms with Crippen LogP contribution in [0.15, 0.2) is 0 Å². The van der Waals surface area contributed by atoms with Crippen molar-refractivity contribution >= 4 is 0 Å². The molecule has 0 aliphatic carbocycles. The van der Waals surface area contributed by atoms with Crippen molar-refractivity contribution < 1.29 is 0 Å². The second-order valence-corrected chi connectivity index (χ2v) is 4.62. The zero-order valence-electron chi connectivity index (χ0n) is 9.40. The fourth-order valence-electron chi connectivity index (χ4n) is 2.30. The molecule has 2 saturated heterocycles. The smallest absolute Gasteiger partial charge is 0.00481 e. The molecule has 1 spiro atoms. The summed E-state index contributed by atoms with van der Waals surface area (Å²) in [6.45, 7) is 9.38. The molecule has 0 aromatic rings. The molecule has 0 bridgehead atoms. The number of hydrogen-bond acceptors (Lipinski definition) is 2. The topological polar surface area (TPSA) is 15.3 Å². The summed E-state index contributed by atoms with van der Waals surface area (Å²) in [5.74, 6) is 0. The summed E-state index contributed by atoms with van der Waals surface area (Å²) < 4.78 is 0. The summed E-state index contributed by atoms with van der Waals surface area (Å²) in [5.41, 5.74) is 0.675. The molecule has 0 saturated carbocycles. The fraction of sp³-hybridized carbons (Fsp3) is 1.00. The van der Waals surface area contributed by atoms with Crippen LogP contribution < -0.4 is 5.32 Å². The average Bonchev–Trinajstić information content (AvgIpc) is 2.65. The lowest BCUT2D eigenvalue weighted by Gasteiger charge is -2.20. The number of likely N-dealkylation sites (tertiary alicyclic amines) is 1. The molecule has 2 aliphatic heterocycles. The van der Waals surface area contributed by atoms with Gasteiger partial charge in [-0.1, -0.05) is 20.3 Å². The fourth-order valence-corrected chi connectivity index (χ4v) is 2.30. The van der Waals surface area contributed by atoms with Gasteiger partial charge >= 0.3 is 0 Å². The summed E-state index contributed by atoms with van der Waals surface area (Å²) in [7, 11) is 2.23. The van der Waals surface area contributed by atoms with Crippen molar-refractivity contribution in [1.82, 2.24) is 10.2 Å². The first-order chi connectivity index (χ1) is 6.22. The lowest BCUT2D eigenvalue weighted by atomic mass is 9.87. The lowest BCUT2D eigenvalue weighted by Crippen LogP contribution is -2.27. The van der Waals surface area contributed by atoms with Crippen LogP contribution in [0.5, 0.6) is 0 Å². The minimum atomic E-state index is 0.675. The Balaban J connectivity index is 0.000000251. The Morgan fingerprint density at radius 3 is 2.38 bits per heavy atom. The third-order valence-corrected chi connectivity index (χ3v) is 2.96. The molecule has 1 atom stereocenters. The van der Waals surface area contributed by atoms with Crippen molar-refractivity contribution in [2.45, 2.75) is 33.1 Å². The molecule has 2 aliphatic rings. The van der Waals surface area contributed by atoms with Crippen LogP contribution in [0.2, 0.25) is 0 Å². The highest BCUT2D eigenvalue weighted by atomic mass is 15.1. The second kappa shape index (κ2) is 4.97. The van der Waals surface area contributed by atoms with Crippen molar-refractivity contribution in [1.29, 1.82) is 0 Å². The molecule has 0 amide bonds. The van der Waals surface area contributed by atoms with Crippen molar-refractivity contribution in [3.05, 3.63) is 0 Å². The zero-order valence-corrected chi connectivity index (χ0v) is 9.40. The van der Waals surface area contributed by atoms with E-state index < -0.39 is 0 Å². The van der Waals surface area contributed by atoms with Crippen LogP contribution in [-0.4, -0.2) is 38.1 Å². The highest BCUT2D eigenvalue weighted by Gasteiger charge is 2.38. The molecule has 78 valence electrons. The summed E-state index contributed by atoms with van der Waals surface area (Å²) in [6, 6.07) is 0. The van der Waals surface area contributed by atoms with Gasteiger partial charge in [0.25, 0.3) is 0 Å². The van der Waals surface area contributed by atoms with E-state index in [1.807, 2.05) is 0 Å². The number of nitrogens with one attached hydrogen (secondary N) is 1. The van der Waals surface area contributed by atoms with Gasteiger partial charge in [0.1, 0.15) is 0 Å². The molecule has 2 heteroatoms. The minimum Gasteiger partial charge on any atom is -0.316 e. The van der Waals surface area contributed by atoms with Crippen LogP contribution in [-0.2, 0) is 0 Å². The van der Waals surface area contributed by atoms with Gasteiger partial charge in [0.05, 0.1) is 0 Å². The van der Waals surface area contributed by atoms with E-state index >= 15 is 0 Å². The molecule has 2 nitrogen and oxygen atoms in total. The Kier molecular flexibility index (Phi) is 4.20. The van der Waals surface area contributed by atoms with E-state index in [2.05, 4.69) is 31.1 Å². The summed E-state index contributed by atoms with van der Waals surface area (Å²) >= 11 is 0. The Bertz CT molecular complexity index is 139. The maximum absolute atomic E-state index is 3.45. The van der Waals surface area contributed by atoms with Gasteiger partial charge in [-0.25, -0.2) is 0 Å². The molecule has 1 N–H and O–H groups in total. The first-order valence-corrected chi connectivity index (χ1v) is 5.62. The highest BCUT2D eigenvalue weighted by Crippen LogP contribution is 2.34. The van der Waals surface area contributed by atoms with Crippen LogP contribution in [0.4, 0.5) is 0 Å². The maximum Gasteiger partial charge on any atom is 0.00481 e. The molecular formula is C11H24N2. The predicted molar refractivity (Wildman–Crippen MR) is 58.0 cm³/mol. The second-order valence-electron chi connectivity index (χ2n) is 4.62. The van der Waals surface area contributed by atoms with E-state index in [1.54, 1.807) is 0 Å². The normalized spacial score (nSPS) is 33.5. The average molecular weight is 184 g/mol. The Morgan fingerprint density at radius 2 is 2.00 bits per heavy atom. The molecule has 0 radical (unpaired) electrons. The SMILES string of the molecule is CCC.CN1CCC2(CCNC2)C1. The Morgan fingerprint density at radius 1 is 1.31 bits per heavy atom. The van der Waals surface area contributed by atoms with Crippen LogP contribution in [0, 0.1) is 5.41 Å². The summed E-state index contributed by atoms with van der Waals surface area (Å²) in [6.07, 6.45) is 4.06. The number of nitrogens with zero attached hydrogens (tertiary/aromatic N) is 1. The van der Waals surface area contributed by atoms with Gasteiger partial charge in [0.2, 0.25) is 0 Å². The standard InChI is InChI=1S/C8H16N2.C3H8/c1-10-5-3-8(7-10)2-4-9-6-8;1-3-2/h9H,2-7H2,1H3;3H2,1-2H3. The molecule has 1 unspecified atom stereocenters.